The van der Waals surface area contributed by atoms with E-state index >= 15 is 0 Å². The van der Waals surface area contributed by atoms with Crippen molar-refractivity contribution >= 4 is 17.6 Å². The van der Waals surface area contributed by atoms with Crippen LogP contribution in [-0.4, -0.2) is 18.4 Å². The topological polar surface area (TPSA) is 70.4 Å². The Hall–Kier alpha value is -3.13. The molecule has 0 spiro atoms. The molecule has 26 heavy (non-hydrogen) atoms. The molecule has 1 fully saturated rings. The number of carbonyl (C=O) groups excluding carboxylic acids is 2. The third-order valence-electron chi connectivity index (χ3n) is 4.59. The summed E-state index contributed by atoms with van der Waals surface area (Å²) in [6.07, 6.45) is 0.998. The van der Waals surface area contributed by atoms with Crippen molar-refractivity contribution in [1.29, 1.82) is 5.26 Å². The van der Waals surface area contributed by atoms with E-state index in [-0.39, 0.29) is 24.9 Å². The van der Waals surface area contributed by atoms with Crippen LogP contribution in [0.3, 0.4) is 0 Å². The van der Waals surface area contributed by atoms with Gasteiger partial charge in [-0.2, -0.15) is 5.26 Å². The second-order valence-electron chi connectivity index (χ2n) is 6.30. The molecular weight excluding hydrogens is 328 g/mol. The van der Waals surface area contributed by atoms with E-state index in [0.29, 0.717) is 12.1 Å². The minimum Gasteiger partial charge on any atom is -0.461 e. The molecule has 0 unspecified atom stereocenters. The number of ether oxygens (including phenoxy) is 1. The van der Waals surface area contributed by atoms with Crippen molar-refractivity contribution in [2.75, 3.05) is 11.4 Å². The molecule has 1 aliphatic rings. The fourth-order valence-electron chi connectivity index (χ4n) is 3.12. The van der Waals surface area contributed by atoms with E-state index in [2.05, 4.69) is 0 Å². The Morgan fingerprint density at radius 2 is 1.96 bits per heavy atom. The van der Waals surface area contributed by atoms with Crippen LogP contribution in [0.2, 0.25) is 0 Å². The quantitative estimate of drug-likeness (QED) is 0.778. The van der Waals surface area contributed by atoms with E-state index in [1.165, 1.54) is 0 Å². The zero-order chi connectivity index (χ0) is 18.5. The molecule has 0 bridgehead atoms. The normalized spacial score (nSPS) is 16.4. The van der Waals surface area contributed by atoms with Crippen molar-refractivity contribution < 1.29 is 14.3 Å². The van der Waals surface area contributed by atoms with Crippen LogP contribution >= 0.6 is 0 Å². The van der Waals surface area contributed by atoms with E-state index in [4.69, 9.17) is 10.00 Å². The van der Waals surface area contributed by atoms with Gasteiger partial charge in [-0.15, -0.1) is 0 Å². The van der Waals surface area contributed by atoms with Gasteiger partial charge >= 0.3 is 5.97 Å². The van der Waals surface area contributed by atoms with Crippen LogP contribution in [-0.2, 0) is 27.4 Å². The summed E-state index contributed by atoms with van der Waals surface area (Å²) < 4.78 is 5.37. The van der Waals surface area contributed by atoms with Crippen molar-refractivity contribution in [2.24, 2.45) is 5.92 Å². The maximum atomic E-state index is 12.4. The summed E-state index contributed by atoms with van der Waals surface area (Å²) in [5, 5.41) is 8.80. The molecule has 2 aromatic carbocycles. The average Bonchev–Trinajstić information content (AvgIpc) is 3.08. The maximum Gasteiger partial charge on any atom is 0.311 e. The Bertz CT molecular complexity index is 852. The third-order valence-corrected chi connectivity index (χ3v) is 4.59. The largest absolute Gasteiger partial charge is 0.461 e. The van der Waals surface area contributed by atoms with Crippen LogP contribution in [0.25, 0.3) is 0 Å². The first kappa shape index (κ1) is 17.7. The van der Waals surface area contributed by atoms with Crippen molar-refractivity contribution in [1.82, 2.24) is 0 Å². The zero-order valence-electron chi connectivity index (χ0n) is 14.6. The second-order valence-corrected chi connectivity index (χ2v) is 6.30. The predicted octanol–water partition coefficient (Wildman–Crippen LogP) is 3.22. The molecular formula is C21H20N2O3. The minimum absolute atomic E-state index is 0.0498. The molecule has 5 heteroatoms. The van der Waals surface area contributed by atoms with Crippen LogP contribution in [0.5, 0.6) is 0 Å². The van der Waals surface area contributed by atoms with Crippen molar-refractivity contribution in [3.63, 3.8) is 0 Å². The van der Waals surface area contributed by atoms with Crippen LogP contribution < -0.4 is 4.90 Å². The predicted molar refractivity (Wildman–Crippen MR) is 97.2 cm³/mol. The van der Waals surface area contributed by atoms with Crippen molar-refractivity contribution in [2.45, 2.75) is 26.4 Å². The summed E-state index contributed by atoms with van der Waals surface area (Å²) in [6.45, 7) is 2.53. The fourth-order valence-corrected chi connectivity index (χ4v) is 3.12. The average molecular weight is 348 g/mol. The number of aryl methyl sites for hydroxylation is 1. The highest BCUT2D eigenvalue weighted by atomic mass is 16.5. The van der Waals surface area contributed by atoms with Gasteiger partial charge in [-0.3, -0.25) is 9.59 Å². The Labute approximate surface area is 152 Å². The highest BCUT2D eigenvalue weighted by molar-refractivity contribution is 6.00. The number of carbonyl (C=O) groups is 2. The van der Waals surface area contributed by atoms with Gasteiger partial charge in [0.25, 0.3) is 0 Å². The minimum atomic E-state index is -0.453. The van der Waals surface area contributed by atoms with Crippen LogP contribution in [0.15, 0.2) is 48.5 Å². The molecule has 0 radical (unpaired) electrons. The first-order valence-corrected chi connectivity index (χ1v) is 8.66. The number of nitrogens with zero attached hydrogens (tertiary/aromatic N) is 2. The SMILES string of the molecule is CCc1ccccc1N1C[C@H](C(=O)OCc2ccc(C#N)cc2)CC1=O. The van der Waals surface area contributed by atoms with E-state index in [9.17, 15) is 9.59 Å². The van der Waals surface area contributed by atoms with E-state index in [1.807, 2.05) is 37.3 Å². The molecule has 1 amide bonds. The number of hydrogen-bond donors (Lipinski definition) is 0. The van der Waals surface area contributed by atoms with E-state index in [1.54, 1.807) is 29.2 Å². The van der Waals surface area contributed by atoms with Gasteiger partial charge < -0.3 is 9.64 Å². The molecule has 0 aliphatic carbocycles. The molecule has 1 heterocycles. The number of rotatable bonds is 5. The van der Waals surface area contributed by atoms with Crippen LogP contribution in [0, 0.1) is 17.2 Å². The molecule has 1 atom stereocenters. The number of hydrogen-bond acceptors (Lipinski definition) is 4. The number of anilines is 1. The summed E-state index contributed by atoms with van der Waals surface area (Å²) in [5.41, 5.74) is 3.34. The Balaban J connectivity index is 1.62. The van der Waals surface area contributed by atoms with Gasteiger partial charge in [0.15, 0.2) is 0 Å². The molecule has 1 aliphatic heterocycles. The lowest BCUT2D eigenvalue weighted by Gasteiger charge is -2.19. The molecule has 0 N–H and O–H groups in total. The van der Waals surface area contributed by atoms with Gasteiger partial charge in [0.05, 0.1) is 17.6 Å². The highest BCUT2D eigenvalue weighted by Crippen LogP contribution is 2.29. The highest BCUT2D eigenvalue weighted by Gasteiger charge is 2.36. The number of esters is 1. The lowest BCUT2D eigenvalue weighted by atomic mass is 10.1. The summed E-state index contributed by atoms with van der Waals surface area (Å²) in [6, 6.07) is 16.7. The summed E-state index contributed by atoms with van der Waals surface area (Å²) in [5.74, 6) is -0.865. The third kappa shape index (κ3) is 3.75. The molecule has 0 saturated carbocycles. The molecule has 2 aromatic rings. The van der Waals surface area contributed by atoms with Gasteiger partial charge in [0.2, 0.25) is 5.91 Å². The Kier molecular flexibility index (Phi) is 5.33. The zero-order valence-corrected chi connectivity index (χ0v) is 14.6. The molecule has 0 aromatic heterocycles. The summed E-state index contributed by atoms with van der Waals surface area (Å²) >= 11 is 0. The Morgan fingerprint density at radius 3 is 2.65 bits per heavy atom. The number of benzene rings is 2. The molecule has 5 nitrogen and oxygen atoms in total. The van der Waals surface area contributed by atoms with Crippen LogP contribution in [0.1, 0.15) is 30.0 Å². The number of para-hydroxylation sites is 1. The first-order chi connectivity index (χ1) is 12.6. The van der Waals surface area contributed by atoms with Crippen LogP contribution in [0.4, 0.5) is 5.69 Å². The molecule has 132 valence electrons. The smallest absolute Gasteiger partial charge is 0.311 e. The van der Waals surface area contributed by atoms with Crippen molar-refractivity contribution in [3.05, 3.63) is 65.2 Å². The maximum absolute atomic E-state index is 12.4. The summed E-state index contributed by atoms with van der Waals surface area (Å²) in [7, 11) is 0. The van der Waals surface area contributed by atoms with Gasteiger partial charge in [0, 0.05) is 18.7 Å². The van der Waals surface area contributed by atoms with E-state index < -0.39 is 5.92 Å². The number of amides is 1. The summed E-state index contributed by atoms with van der Waals surface area (Å²) in [4.78, 5) is 26.4. The van der Waals surface area contributed by atoms with Gasteiger partial charge in [0.1, 0.15) is 6.61 Å². The fraction of sp³-hybridized carbons (Fsp3) is 0.286. The molecule has 1 saturated heterocycles. The van der Waals surface area contributed by atoms with E-state index in [0.717, 1.165) is 23.2 Å². The monoisotopic (exact) mass is 348 g/mol. The lowest BCUT2D eigenvalue weighted by molar-refractivity contribution is -0.149. The Morgan fingerprint density at radius 1 is 1.23 bits per heavy atom. The lowest BCUT2D eigenvalue weighted by Crippen LogP contribution is -2.27. The number of nitriles is 1. The van der Waals surface area contributed by atoms with Crippen molar-refractivity contribution in [3.8, 4) is 6.07 Å². The standard InChI is InChI=1S/C21H20N2O3/c1-2-17-5-3-4-6-19(17)23-13-18(11-20(23)24)21(25)26-14-16-9-7-15(12-22)8-10-16/h3-10,18H,2,11,13-14H2,1H3/t18-/m1/s1. The van der Waals surface area contributed by atoms with Gasteiger partial charge in [-0.1, -0.05) is 37.3 Å². The van der Waals surface area contributed by atoms with Gasteiger partial charge in [-0.25, -0.2) is 0 Å². The second kappa shape index (κ2) is 7.83. The van der Waals surface area contributed by atoms with Gasteiger partial charge in [-0.05, 0) is 35.7 Å². The molecule has 3 rings (SSSR count). The first-order valence-electron chi connectivity index (χ1n) is 8.66.